The lowest BCUT2D eigenvalue weighted by molar-refractivity contribution is -0.119. The molecule has 9 heteroatoms. The van der Waals surface area contributed by atoms with Gasteiger partial charge in [0.15, 0.2) is 0 Å². The first-order valence-electron chi connectivity index (χ1n) is 10.4. The smallest absolute Gasteiger partial charge is 0.315 e. The second-order valence-electron chi connectivity index (χ2n) is 7.31. The average Bonchev–Trinajstić information content (AvgIpc) is 3.29. The molecule has 1 heterocycles. The van der Waals surface area contributed by atoms with Gasteiger partial charge in [0.1, 0.15) is 16.8 Å². The van der Waals surface area contributed by atoms with Crippen LogP contribution < -0.4 is 20.7 Å². The van der Waals surface area contributed by atoms with Gasteiger partial charge >= 0.3 is 6.03 Å². The van der Waals surface area contributed by atoms with Gasteiger partial charge in [0.25, 0.3) is 0 Å². The van der Waals surface area contributed by atoms with Crippen LogP contribution in [0.1, 0.15) is 25.8 Å². The van der Waals surface area contributed by atoms with E-state index in [4.69, 9.17) is 4.74 Å². The predicted octanol–water partition coefficient (Wildman–Crippen LogP) is 4.07. The molecule has 2 aromatic carbocycles. The second-order valence-corrected chi connectivity index (χ2v) is 8.29. The average molecular weight is 454 g/mol. The van der Waals surface area contributed by atoms with Crippen LogP contribution in [0, 0.1) is 5.92 Å². The Morgan fingerprint density at radius 1 is 1.09 bits per heavy atom. The Morgan fingerprint density at radius 2 is 1.88 bits per heavy atom. The number of urea groups is 1. The van der Waals surface area contributed by atoms with Crippen molar-refractivity contribution in [2.45, 2.75) is 32.9 Å². The Balaban J connectivity index is 1.63. The lowest BCUT2D eigenvalue weighted by Gasteiger charge is -2.23. The van der Waals surface area contributed by atoms with E-state index in [2.05, 4.69) is 26.1 Å². The fourth-order valence-electron chi connectivity index (χ4n) is 3.00. The lowest BCUT2D eigenvalue weighted by Crippen LogP contribution is -2.50. The quantitative estimate of drug-likeness (QED) is 0.453. The number of hydrogen-bond donors (Lipinski definition) is 3. The summed E-state index contributed by atoms with van der Waals surface area (Å²) in [6, 6.07) is 15.9. The highest BCUT2D eigenvalue weighted by molar-refractivity contribution is 7.18. The second kappa shape index (κ2) is 11.2. The zero-order valence-corrected chi connectivity index (χ0v) is 19.1. The van der Waals surface area contributed by atoms with Crippen LogP contribution in [-0.4, -0.2) is 35.3 Å². The zero-order valence-electron chi connectivity index (χ0n) is 18.3. The van der Waals surface area contributed by atoms with Crippen molar-refractivity contribution in [2.24, 2.45) is 5.92 Å². The number of nitrogens with zero attached hydrogens (tertiary/aromatic N) is 2. The molecule has 3 N–H and O–H groups in total. The van der Waals surface area contributed by atoms with Crippen molar-refractivity contribution >= 4 is 28.4 Å². The minimum atomic E-state index is -0.708. The van der Waals surface area contributed by atoms with E-state index in [-0.39, 0.29) is 11.8 Å². The monoisotopic (exact) mass is 453 g/mol. The SMILES string of the molecule is CCC(C)C(NC(=O)NCc1ccccc1)C(=O)Nc1nnc(-c2cccc(OC)c2)s1. The number of anilines is 1. The molecule has 1 aromatic heterocycles. The third-order valence-electron chi connectivity index (χ3n) is 5.05. The molecular weight excluding hydrogens is 426 g/mol. The van der Waals surface area contributed by atoms with Gasteiger partial charge in [-0.15, -0.1) is 10.2 Å². The van der Waals surface area contributed by atoms with Gasteiger partial charge in [-0.05, 0) is 23.6 Å². The number of carbonyl (C=O) groups excluding carboxylic acids is 2. The van der Waals surface area contributed by atoms with Crippen LogP contribution in [0.15, 0.2) is 54.6 Å². The van der Waals surface area contributed by atoms with Crippen LogP contribution in [0.25, 0.3) is 10.6 Å². The molecular formula is C23H27N5O3S. The van der Waals surface area contributed by atoms with Gasteiger partial charge in [-0.3, -0.25) is 10.1 Å². The molecule has 0 radical (unpaired) electrons. The van der Waals surface area contributed by atoms with Gasteiger partial charge in [-0.25, -0.2) is 4.79 Å². The number of aromatic nitrogens is 2. The number of hydrogen-bond acceptors (Lipinski definition) is 6. The first-order chi connectivity index (χ1) is 15.5. The third-order valence-corrected chi connectivity index (χ3v) is 5.94. The highest BCUT2D eigenvalue weighted by Gasteiger charge is 2.27. The Morgan fingerprint density at radius 3 is 2.59 bits per heavy atom. The van der Waals surface area contributed by atoms with Crippen LogP contribution in [0.4, 0.5) is 9.93 Å². The predicted molar refractivity (Wildman–Crippen MR) is 126 cm³/mol. The molecule has 2 atom stereocenters. The van der Waals surface area contributed by atoms with Crippen LogP contribution in [-0.2, 0) is 11.3 Å². The summed E-state index contributed by atoms with van der Waals surface area (Å²) in [7, 11) is 1.60. The fourth-order valence-corrected chi connectivity index (χ4v) is 3.74. The van der Waals surface area contributed by atoms with Crippen molar-refractivity contribution in [3.8, 4) is 16.3 Å². The van der Waals surface area contributed by atoms with Crippen molar-refractivity contribution < 1.29 is 14.3 Å². The molecule has 0 aliphatic heterocycles. The lowest BCUT2D eigenvalue weighted by atomic mass is 9.98. The van der Waals surface area contributed by atoms with E-state index in [1.54, 1.807) is 7.11 Å². The molecule has 3 rings (SSSR count). The van der Waals surface area contributed by atoms with E-state index in [9.17, 15) is 9.59 Å². The fraction of sp³-hybridized carbons (Fsp3) is 0.304. The summed E-state index contributed by atoms with van der Waals surface area (Å²) >= 11 is 1.26. The zero-order chi connectivity index (χ0) is 22.9. The molecule has 2 unspecified atom stereocenters. The number of amides is 3. The molecule has 3 amide bonds. The first kappa shape index (κ1) is 23.2. The van der Waals surface area contributed by atoms with Crippen molar-refractivity contribution in [1.82, 2.24) is 20.8 Å². The van der Waals surface area contributed by atoms with Crippen molar-refractivity contribution in [1.29, 1.82) is 0 Å². The maximum Gasteiger partial charge on any atom is 0.315 e. The molecule has 0 aliphatic rings. The molecule has 3 aromatic rings. The Labute approximate surface area is 191 Å². The number of methoxy groups -OCH3 is 1. The molecule has 0 saturated carbocycles. The molecule has 0 saturated heterocycles. The third kappa shape index (κ3) is 6.27. The van der Waals surface area contributed by atoms with E-state index in [1.807, 2.05) is 68.4 Å². The molecule has 0 fully saturated rings. The van der Waals surface area contributed by atoms with Gasteiger partial charge in [-0.1, -0.05) is 74.1 Å². The minimum absolute atomic E-state index is 0.0664. The molecule has 0 bridgehead atoms. The Bertz CT molecular complexity index is 1040. The molecule has 8 nitrogen and oxygen atoms in total. The van der Waals surface area contributed by atoms with Crippen LogP contribution in [0.2, 0.25) is 0 Å². The molecule has 0 spiro atoms. The standard InChI is InChI=1S/C23H27N5O3S/c1-4-15(2)19(25-22(30)24-14-16-9-6-5-7-10-16)20(29)26-23-28-27-21(32-23)17-11-8-12-18(13-17)31-3/h5-13,15,19H,4,14H2,1-3H3,(H2,24,25,30)(H,26,28,29). The van der Waals surface area contributed by atoms with Crippen molar-refractivity contribution in [3.05, 3.63) is 60.2 Å². The van der Waals surface area contributed by atoms with Gasteiger partial charge in [-0.2, -0.15) is 0 Å². The Hall–Kier alpha value is -3.46. The summed E-state index contributed by atoms with van der Waals surface area (Å²) in [5.74, 6) is 0.316. The van der Waals surface area contributed by atoms with E-state index < -0.39 is 12.1 Å². The van der Waals surface area contributed by atoms with E-state index in [0.717, 1.165) is 17.5 Å². The normalized spacial score (nSPS) is 12.5. The van der Waals surface area contributed by atoms with Gasteiger partial charge in [0.05, 0.1) is 7.11 Å². The van der Waals surface area contributed by atoms with Gasteiger partial charge in [0.2, 0.25) is 11.0 Å². The van der Waals surface area contributed by atoms with Crippen LogP contribution >= 0.6 is 11.3 Å². The summed E-state index contributed by atoms with van der Waals surface area (Å²) in [6.07, 6.45) is 0.724. The Kier molecular flexibility index (Phi) is 8.15. The summed E-state index contributed by atoms with van der Waals surface area (Å²) in [5.41, 5.74) is 1.82. The maximum absolute atomic E-state index is 12.9. The number of carbonyl (C=O) groups is 2. The number of benzene rings is 2. The summed E-state index contributed by atoms with van der Waals surface area (Å²) < 4.78 is 5.24. The summed E-state index contributed by atoms with van der Waals surface area (Å²) in [6.45, 7) is 4.27. The number of nitrogens with one attached hydrogen (secondary N) is 3. The molecule has 32 heavy (non-hydrogen) atoms. The molecule has 168 valence electrons. The highest BCUT2D eigenvalue weighted by Crippen LogP contribution is 2.29. The van der Waals surface area contributed by atoms with E-state index in [1.165, 1.54) is 11.3 Å². The maximum atomic E-state index is 12.9. The highest BCUT2D eigenvalue weighted by atomic mass is 32.1. The summed E-state index contributed by atoms with van der Waals surface area (Å²) in [4.78, 5) is 25.3. The van der Waals surface area contributed by atoms with Crippen molar-refractivity contribution in [2.75, 3.05) is 12.4 Å². The van der Waals surface area contributed by atoms with E-state index in [0.29, 0.717) is 22.4 Å². The number of ether oxygens (including phenoxy) is 1. The number of rotatable bonds is 9. The first-order valence-corrected chi connectivity index (χ1v) is 11.2. The topological polar surface area (TPSA) is 105 Å². The van der Waals surface area contributed by atoms with E-state index >= 15 is 0 Å². The van der Waals surface area contributed by atoms with Crippen LogP contribution in [0.5, 0.6) is 5.75 Å². The largest absolute Gasteiger partial charge is 0.497 e. The van der Waals surface area contributed by atoms with Crippen molar-refractivity contribution in [3.63, 3.8) is 0 Å². The molecule has 0 aliphatic carbocycles. The minimum Gasteiger partial charge on any atom is -0.497 e. The van der Waals surface area contributed by atoms with Gasteiger partial charge in [0, 0.05) is 12.1 Å². The summed E-state index contributed by atoms with van der Waals surface area (Å²) in [5, 5.41) is 17.6. The van der Waals surface area contributed by atoms with Gasteiger partial charge < -0.3 is 15.4 Å². The van der Waals surface area contributed by atoms with Crippen LogP contribution in [0.3, 0.4) is 0 Å².